The summed E-state index contributed by atoms with van der Waals surface area (Å²) in [6.07, 6.45) is 2.61. The number of hydrogen-bond acceptors (Lipinski definition) is 5. The first-order valence-corrected chi connectivity index (χ1v) is 6.37. The minimum Gasteiger partial charge on any atom is -0.397 e. The Hall–Kier alpha value is -1.62. The lowest BCUT2D eigenvalue weighted by molar-refractivity contribution is 1.04. The van der Waals surface area contributed by atoms with Crippen LogP contribution in [0.5, 0.6) is 0 Å². The molecule has 3 N–H and O–H groups in total. The van der Waals surface area contributed by atoms with Crippen LogP contribution >= 0.6 is 11.3 Å². The van der Waals surface area contributed by atoms with E-state index in [1.165, 1.54) is 4.88 Å². The van der Waals surface area contributed by atoms with E-state index in [0.717, 1.165) is 28.6 Å². The van der Waals surface area contributed by atoms with Crippen molar-refractivity contribution in [2.45, 2.75) is 27.2 Å². The van der Waals surface area contributed by atoms with Crippen LogP contribution in [0.15, 0.2) is 12.3 Å². The second-order valence-electron chi connectivity index (χ2n) is 3.93. The third kappa shape index (κ3) is 2.55. The van der Waals surface area contributed by atoms with Gasteiger partial charge in [-0.3, -0.25) is 0 Å². The lowest BCUT2D eigenvalue weighted by Crippen LogP contribution is -1.98. The molecule has 0 radical (unpaired) electrons. The molecule has 0 atom stereocenters. The summed E-state index contributed by atoms with van der Waals surface area (Å²) in [5, 5.41) is 4.12. The maximum absolute atomic E-state index is 5.67. The predicted octanol–water partition coefficient (Wildman–Crippen LogP) is 3.04. The van der Waals surface area contributed by atoms with Crippen LogP contribution in [-0.2, 0) is 6.42 Å². The van der Waals surface area contributed by atoms with Crippen LogP contribution in [0.2, 0.25) is 0 Å². The number of nitrogens with one attached hydrogen (secondary N) is 1. The maximum atomic E-state index is 5.67. The van der Waals surface area contributed by atoms with Crippen molar-refractivity contribution in [2.24, 2.45) is 0 Å². The molecular formula is C12H16N4S. The number of aryl methyl sites for hydroxylation is 3. The number of anilines is 3. The van der Waals surface area contributed by atoms with Crippen molar-refractivity contribution in [1.29, 1.82) is 0 Å². The molecule has 0 aromatic carbocycles. The lowest BCUT2D eigenvalue weighted by atomic mass is 10.2. The molecule has 0 amide bonds. The Morgan fingerprint density at radius 3 is 2.76 bits per heavy atom. The molecule has 17 heavy (non-hydrogen) atoms. The summed E-state index contributed by atoms with van der Waals surface area (Å²) in [6.45, 7) is 6.18. The van der Waals surface area contributed by atoms with Crippen molar-refractivity contribution < 1.29 is 0 Å². The lowest BCUT2D eigenvalue weighted by Gasteiger charge is -2.05. The van der Waals surface area contributed by atoms with Crippen molar-refractivity contribution in [3.05, 3.63) is 28.4 Å². The number of rotatable bonds is 3. The summed E-state index contributed by atoms with van der Waals surface area (Å²) in [5.41, 5.74) is 8.51. The van der Waals surface area contributed by atoms with Gasteiger partial charge in [-0.15, -0.1) is 11.3 Å². The monoisotopic (exact) mass is 248 g/mol. The fourth-order valence-corrected chi connectivity index (χ4v) is 2.54. The van der Waals surface area contributed by atoms with E-state index < -0.39 is 0 Å². The largest absolute Gasteiger partial charge is 0.397 e. The quantitative estimate of drug-likeness (QED) is 0.876. The number of aromatic nitrogens is 2. The number of nitrogens with zero attached hydrogens (tertiary/aromatic N) is 2. The summed E-state index contributed by atoms with van der Waals surface area (Å²) in [4.78, 5) is 10.0. The van der Waals surface area contributed by atoms with Gasteiger partial charge in [0.05, 0.1) is 17.6 Å². The SMILES string of the molecule is CCc1nc(Nc2ncc(N)cc2C)sc1C. The Morgan fingerprint density at radius 1 is 1.41 bits per heavy atom. The second kappa shape index (κ2) is 4.71. The number of pyridine rings is 1. The molecule has 90 valence electrons. The minimum absolute atomic E-state index is 0.678. The molecule has 4 nitrogen and oxygen atoms in total. The van der Waals surface area contributed by atoms with E-state index in [1.807, 2.05) is 13.0 Å². The average Bonchev–Trinajstić information content (AvgIpc) is 2.63. The summed E-state index contributed by atoms with van der Waals surface area (Å²) in [6, 6.07) is 1.90. The zero-order valence-corrected chi connectivity index (χ0v) is 11.1. The van der Waals surface area contributed by atoms with Gasteiger partial charge in [0.25, 0.3) is 0 Å². The Bertz CT molecular complexity index is 533. The number of nitrogens with two attached hydrogens (primary N) is 1. The van der Waals surface area contributed by atoms with Crippen LogP contribution in [0.3, 0.4) is 0 Å². The zero-order valence-electron chi connectivity index (χ0n) is 10.2. The van der Waals surface area contributed by atoms with Gasteiger partial charge in [-0.25, -0.2) is 9.97 Å². The highest BCUT2D eigenvalue weighted by Crippen LogP contribution is 2.26. The van der Waals surface area contributed by atoms with E-state index >= 15 is 0 Å². The van der Waals surface area contributed by atoms with Crippen LogP contribution in [0, 0.1) is 13.8 Å². The molecule has 0 fully saturated rings. The fourth-order valence-electron chi connectivity index (χ4n) is 1.64. The Labute approximate surface area is 105 Å². The molecule has 0 saturated carbocycles. The zero-order chi connectivity index (χ0) is 12.4. The van der Waals surface area contributed by atoms with Crippen LogP contribution in [0.1, 0.15) is 23.1 Å². The molecule has 2 aromatic heterocycles. The minimum atomic E-state index is 0.678. The third-order valence-corrected chi connectivity index (χ3v) is 3.48. The molecule has 0 unspecified atom stereocenters. The highest BCUT2D eigenvalue weighted by atomic mass is 32.1. The molecule has 0 spiro atoms. The van der Waals surface area contributed by atoms with E-state index in [9.17, 15) is 0 Å². The Morgan fingerprint density at radius 2 is 2.18 bits per heavy atom. The molecular weight excluding hydrogens is 232 g/mol. The molecule has 2 rings (SSSR count). The van der Waals surface area contributed by atoms with E-state index in [2.05, 4.69) is 29.1 Å². The van der Waals surface area contributed by atoms with Crippen molar-refractivity contribution in [2.75, 3.05) is 11.1 Å². The van der Waals surface area contributed by atoms with Gasteiger partial charge in [-0.2, -0.15) is 0 Å². The molecule has 0 aliphatic carbocycles. The van der Waals surface area contributed by atoms with Gasteiger partial charge in [0.15, 0.2) is 5.13 Å². The first-order chi connectivity index (χ1) is 8.10. The first kappa shape index (κ1) is 11.9. The molecule has 2 aromatic rings. The van der Waals surface area contributed by atoms with Crippen LogP contribution in [0.25, 0.3) is 0 Å². The molecule has 0 bridgehead atoms. The van der Waals surface area contributed by atoms with Gasteiger partial charge >= 0.3 is 0 Å². The maximum Gasteiger partial charge on any atom is 0.188 e. The second-order valence-corrected chi connectivity index (χ2v) is 5.14. The van der Waals surface area contributed by atoms with Gasteiger partial charge in [0.2, 0.25) is 0 Å². The summed E-state index contributed by atoms with van der Waals surface area (Å²) >= 11 is 1.65. The highest BCUT2D eigenvalue weighted by Gasteiger charge is 2.07. The molecule has 5 heteroatoms. The first-order valence-electron chi connectivity index (χ1n) is 5.55. The smallest absolute Gasteiger partial charge is 0.188 e. The van der Waals surface area contributed by atoms with Crippen LogP contribution in [0.4, 0.5) is 16.6 Å². The standard InChI is InChI=1S/C12H16N4S/c1-4-10-8(3)17-12(15-10)16-11-7(2)5-9(13)6-14-11/h5-6H,4,13H2,1-3H3,(H,14,15,16). The summed E-state index contributed by atoms with van der Waals surface area (Å²) < 4.78 is 0. The van der Waals surface area contributed by atoms with E-state index in [1.54, 1.807) is 17.5 Å². The topological polar surface area (TPSA) is 63.8 Å². The number of thiazole rings is 1. The average molecular weight is 248 g/mol. The van der Waals surface area contributed by atoms with Crippen LogP contribution in [-0.4, -0.2) is 9.97 Å². The van der Waals surface area contributed by atoms with Gasteiger partial charge < -0.3 is 11.1 Å². The summed E-state index contributed by atoms with van der Waals surface area (Å²) in [5.74, 6) is 0.815. The van der Waals surface area contributed by atoms with Gasteiger partial charge in [-0.05, 0) is 31.9 Å². The predicted molar refractivity (Wildman–Crippen MR) is 72.9 cm³/mol. The van der Waals surface area contributed by atoms with Crippen molar-refractivity contribution in [3.8, 4) is 0 Å². The number of hydrogen-bond donors (Lipinski definition) is 2. The Kier molecular flexibility index (Phi) is 3.28. The highest BCUT2D eigenvalue weighted by molar-refractivity contribution is 7.15. The normalized spacial score (nSPS) is 10.5. The van der Waals surface area contributed by atoms with Crippen molar-refractivity contribution >= 4 is 28.0 Å². The molecule has 2 heterocycles. The number of nitrogen functional groups attached to an aromatic ring is 1. The van der Waals surface area contributed by atoms with Gasteiger partial charge in [0.1, 0.15) is 5.82 Å². The van der Waals surface area contributed by atoms with E-state index in [0.29, 0.717) is 5.69 Å². The van der Waals surface area contributed by atoms with Crippen molar-refractivity contribution in [3.63, 3.8) is 0 Å². The van der Waals surface area contributed by atoms with Crippen molar-refractivity contribution in [1.82, 2.24) is 9.97 Å². The van der Waals surface area contributed by atoms with E-state index in [-0.39, 0.29) is 0 Å². The molecule has 0 aliphatic heterocycles. The molecule has 0 aliphatic rings. The van der Waals surface area contributed by atoms with Gasteiger partial charge in [-0.1, -0.05) is 6.92 Å². The molecule has 0 saturated heterocycles. The Balaban J connectivity index is 2.25. The fraction of sp³-hybridized carbons (Fsp3) is 0.333. The third-order valence-electron chi connectivity index (χ3n) is 2.55. The summed E-state index contributed by atoms with van der Waals surface area (Å²) in [7, 11) is 0. The van der Waals surface area contributed by atoms with Gasteiger partial charge in [0, 0.05) is 4.88 Å². The van der Waals surface area contributed by atoms with Crippen LogP contribution < -0.4 is 11.1 Å². The van der Waals surface area contributed by atoms with E-state index in [4.69, 9.17) is 5.73 Å².